The second kappa shape index (κ2) is 4.93. The fourth-order valence-electron chi connectivity index (χ4n) is 2.24. The topological polar surface area (TPSA) is 128 Å². The molecule has 0 aromatic carbocycles. The molecule has 2 rings (SSSR count). The maximum Gasteiger partial charge on any atom is 0.352 e. The van der Waals surface area contributed by atoms with Crippen molar-refractivity contribution in [3.8, 4) is 0 Å². The van der Waals surface area contributed by atoms with Gasteiger partial charge in [0.05, 0.1) is 6.61 Å². The Morgan fingerprint density at radius 1 is 1.70 bits per heavy atom. The molecule has 1 unspecified atom stereocenters. The zero-order valence-electron chi connectivity index (χ0n) is 10.6. The summed E-state index contributed by atoms with van der Waals surface area (Å²) in [6, 6.07) is 1.20. The molecule has 1 saturated heterocycles. The van der Waals surface area contributed by atoms with E-state index in [1.165, 1.54) is 6.07 Å². The lowest BCUT2D eigenvalue weighted by Gasteiger charge is -2.29. The molecule has 2 heterocycles. The Balaban J connectivity index is 2.62. The minimum Gasteiger partial charge on any atom is -0.394 e. The van der Waals surface area contributed by atoms with E-state index in [4.69, 9.17) is 15.6 Å². The van der Waals surface area contributed by atoms with Gasteiger partial charge < -0.3 is 20.7 Å². The molecule has 0 radical (unpaired) electrons. The van der Waals surface area contributed by atoms with Gasteiger partial charge in [0.25, 0.3) is 0 Å². The summed E-state index contributed by atoms with van der Waals surface area (Å²) < 4.78 is 20.1. The van der Waals surface area contributed by atoms with Gasteiger partial charge in [0, 0.05) is 6.20 Å². The monoisotopic (exact) mass is 287 g/mol. The molecule has 1 aliphatic rings. The van der Waals surface area contributed by atoms with Crippen molar-refractivity contribution in [2.75, 3.05) is 12.3 Å². The van der Waals surface area contributed by atoms with Crippen molar-refractivity contribution in [1.29, 1.82) is 0 Å². The maximum atomic E-state index is 14.4. The number of alkyl halides is 1. The minimum atomic E-state index is -2.36. The second-order valence-corrected chi connectivity index (χ2v) is 4.49. The summed E-state index contributed by atoms with van der Waals surface area (Å²) in [5, 5.41) is 18.7. The van der Waals surface area contributed by atoms with Crippen LogP contribution in [0.1, 0.15) is 6.92 Å². The number of aromatic nitrogens is 2. The number of nitrogens with zero attached hydrogens (tertiary/aromatic N) is 2. The summed E-state index contributed by atoms with van der Waals surface area (Å²) in [6.07, 6.45) is -4.22. The first-order valence-electron chi connectivity index (χ1n) is 5.82. The van der Waals surface area contributed by atoms with Gasteiger partial charge in [0.15, 0.2) is 12.0 Å². The summed E-state index contributed by atoms with van der Waals surface area (Å²) in [6.45, 7) is 0.315. The number of rotatable bonds is 3. The van der Waals surface area contributed by atoms with Crippen LogP contribution in [0.5, 0.6) is 0 Å². The predicted octanol–water partition coefficient (Wildman–Crippen LogP) is -1.84. The quantitative estimate of drug-likeness (QED) is 0.595. The first kappa shape index (κ1) is 14.6. The van der Waals surface area contributed by atoms with Gasteiger partial charge in [-0.05, 0) is 13.0 Å². The Hall–Kier alpha value is -1.84. The number of ketones is 1. The zero-order chi connectivity index (χ0) is 15.1. The molecule has 1 aliphatic heterocycles. The third-order valence-corrected chi connectivity index (χ3v) is 3.25. The largest absolute Gasteiger partial charge is 0.394 e. The molecule has 1 aromatic rings. The highest BCUT2D eigenvalue weighted by Crippen LogP contribution is 2.37. The first-order chi connectivity index (χ1) is 9.34. The van der Waals surface area contributed by atoms with Crippen molar-refractivity contribution in [2.45, 2.75) is 31.0 Å². The average molecular weight is 287 g/mol. The highest BCUT2D eigenvalue weighted by atomic mass is 19.1. The highest BCUT2D eigenvalue weighted by molar-refractivity contribution is 5.84. The Kier molecular flexibility index (Phi) is 3.59. The number of carbonyl (C=O) groups is 1. The molecule has 8 nitrogen and oxygen atoms in total. The van der Waals surface area contributed by atoms with Crippen LogP contribution in [0.3, 0.4) is 0 Å². The first-order valence-corrected chi connectivity index (χ1v) is 5.82. The van der Waals surface area contributed by atoms with Crippen molar-refractivity contribution in [3.05, 3.63) is 22.7 Å². The number of aliphatic hydroxyl groups is 2. The predicted molar refractivity (Wildman–Crippen MR) is 64.4 cm³/mol. The maximum absolute atomic E-state index is 14.4. The SMILES string of the molecule is CC(=O)[C@@]1(n2ccc(N)nc2=O)O[C@H](CO)[C@@H](O)C1F. The smallest absolute Gasteiger partial charge is 0.352 e. The molecule has 1 aromatic heterocycles. The van der Waals surface area contributed by atoms with Gasteiger partial charge >= 0.3 is 5.69 Å². The number of ether oxygens (including phenoxy) is 1. The van der Waals surface area contributed by atoms with Crippen LogP contribution in [0.4, 0.5) is 10.2 Å². The summed E-state index contributed by atoms with van der Waals surface area (Å²) in [7, 11) is 0. The van der Waals surface area contributed by atoms with E-state index in [9.17, 15) is 19.1 Å². The molecule has 4 atom stereocenters. The number of hydrogen-bond donors (Lipinski definition) is 3. The van der Waals surface area contributed by atoms with E-state index in [1.807, 2.05) is 0 Å². The summed E-state index contributed by atoms with van der Waals surface area (Å²) >= 11 is 0. The fraction of sp³-hybridized carbons (Fsp3) is 0.545. The van der Waals surface area contributed by atoms with Crippen LogP contribution in [0.25, 0.3) is 0 Å². The van der Waals surface area contributed by atoms with Gasteiger partial charge in [-0.2, -0.15) is 4.98 Å². The molecule has 0 bridgehead atoms. The number of carbonyl (C=O) groups excluding carboxylic acids is 1. The van der Waals surface area contributed by atoms with Crippen molar-refractivity contribution < 1.29 is 24.1 Å². The van der Waals surface area contributed by atoms with Crippen LogP contribution in [0, 0.1) is 0 Å². The lowest BCUT2D eigenvalue weighted by molar-refractivity contribution is -0.167. The summed E-state index contributed by atoms with van der Waals surface area (Å²) in [4.78, 5) is 27.1. The molecule has 9 heteroatoms. The number of halogens is 1. The van der Waals surface area contributed by atoms with E-state index in [0.717, 1.165) is 13.1 Å². The van der Waals surface area contributed by atoms with E-state index in [1.54, 1.807) is 0 Å². The normalized spacial score (nSPS) is 33.3. The molecular formula is C11H14FN3O5. The molecule has 0 amide bonds. The van der Waals surface area contributed by atoms with Crippen LogP contribution in [0.2, 0.25) is 0 Å². The number of aliphatic hydroxyl groups excluding tert-OH is 2. The number of anilines is 1. The molecule has 4 N–H and O–H groups in total. The second-order valence-electron chi connectivity index (χ2n) is 4.49. The van der Waals surface area contributed by atoms with E-state index < -0.39 is 42.2 Å². The highest BCUT2D eigenvalue weighted by Gasteiger charge is 2.60. The van der Waals surface area contributed by atoms with Gasteiger partial charge in [-0.1, -0.05) is 0 Å². The Labute approximate surface area is 112 Å². The number of hydrogen-bond acceptors (Lipinski definition) is 7. The fourth-order valence-corrected chi connectivity index (χ4v) is 2.24. The van der Waals surface area contributed by atoms with Gasteiger partial charge in [0.1, 0.15) is 18.0 Å². The van der Waals surface area contributed by atoms with Crippen molar-refractivity contribution >= 4 is 11.6 Å². The van der Waals surface area contributed by atoms with Crippen molar-refractivity contribution in [2.24, 2.45) is 0 Å². The number of Topliss-reactive ketones (excluding diaryl/α,β-unsaturated/α-hetero) is 1. The lowest BCUT2D eigenvalue weighted by atomic mass is 10.00. The van der Waals surface area contributed by atoms with Gasteiger partial charge in [-0.25, -0.2) is 9.18 Å². The lowest BCUT2D eigenvalue weighted by Crippen LogP contribution is -2.53. The molecule has 0 spiro atoms. The van der Waals surface area contributed by atoms with E-state index in [-0.39, 0.29) is 5.82 Å². The Morgan fingerprint density at radius 3 is 2.80 bits per heavy atom. The summed E-state index contributed by atoms with van der Waals surface area (Å²) in [5.74, 6) is -0.939. The summed E-state index contributed by atoms with van der Waals surface area (Å²) in [5.41, 5.74) is 1.98. The zero-order valence-corrected chi connectivity index (χ0v) is 10.6. The van der Waals surface area contributed by atoms with Crippen LogP contribution >= 0.6 is 0 Å². The minimum absolute atomic E-state index is 0.0994. The van der Waals surface area contributed by atoms with Crippen LogP contribution in [-0.4, -0.2) is 50.5 Å². The van der Waals surface area contributed by atoms with Gasteiger partial charge in [0.2, 0.25) is 5.72 Å². The molecule has 0 saturated carbocycles. The van der Waals surface area contributed by atoms with Crippen molar-refractivity contribution in [3.63, 3.8) is 0 Å². The van der Waals surface area contributed by atoms with Gasteiger partial charge in [-0.3, -0.25) is 9.36 Å². The number of nitrogen functional groups attached to an aromatic ring is 1. The van der Waals surface area contributed by atoms with Crippen LogP contribution in [-0.2, 0) is 15.3 Å². The molecule has 1 fully saturated rings. The third kappa shape index (κ3) is 1.90. The van der Waals surface area contributed by atoms with E-state index >= 15 is 0 Å². The molecule has 20 heavy (non-hydrogen) atoms. The molecule has 110 valence electrons. The third-order valence-electron chi connectivity index (χ3n) is 3.25. The van der Waals surface area contributed by atoms with E-state index in [0.29, 0.717) is 4.57 Å². The Bertz CT molecular complexity index is 592. The Morgan fingerprint density at radius 2 is 2.35 bits per heavy atom. The molecular weight excluding hydrogens is 273 g/mol. The molecule has 0 aliphatic carbocycles. The standard InChI is InChI=1S/C11H14FN3O5/c1-5(17)11(9(12)8(18)6(4-16)20-11)15-3-2-7(13)14-10(15)19/h2-3,6,8-9,16,18H,4H2,1H3,(H2,13,14,19)/t6-,8-,9?,11-/m1/s1. The van der Waals surface area contributed by atoms with Crippen LogP contribution < -0.4 is 11.4 Å². The van der Waals surface area contributed by atoms with Crippen molar-refractivity contribution in [1.82, 2.24) is 9.55 Å². The van der Waals surface area contributed by atoms with Crippen LogP contribution in [0.15, 0.2) is 17.1 Å². The van der Waals surface area contributed by atoms with E-state index in [2.05, 4.69) is 4.98 Å². The average Bonchev–Trinajstić information content (AvgIpc) is 2.64. The number of nitrogens with two attached hydrogens (primary N) is 1. The van der Waals surface area contributed by atoms with Gasteiger partial charge in [-0.15, -0.1) is 0 Å².